The number of methoxy groups -OCH3 is 2. The molecule has 252 valence electrons. The summed E-state index contributed by atoms with van der Waals surface area (Å²) < 4.78 is 42.1. The van der Waals surface area contributed by atoms with E-state index in [1.807, 2.05) is 52.0 Å². The highest BCUT2D eigenvalue weighted by Gasteiger charge is 2.27. The third-order valence-electron chi connectivity index (χ3n) is 8.08. The minimum atomic E-state index is -3.98. The molecule has 3 rings (SSSR count). The minimum Gasteiger partial charge on any atom is -0.497 e. The summed E-state index contributed by atoms with van der Waals surface area (Å²) in [5.41, 5.74) is 4.78. The molecule has 8 nitrogen and oxygen atoms in total. The second-order valence-corrected chi connectivity index (χ2v) is 14.4. The van der Waals surface area contributed by atoms with E-state index in [4.69, 9.17) is 9.47 Å². The van der Waals surface area contributed by atoms with Gasteiger partial charge in [-0.25, -0.2) is 8.42 Å². The normalized spacial score (nSPS) is 11.7. The number of amides is 1. The Morgan fingerprint density at radius 3 is 1.93 bits per heavy atom. The summed E-state index contributed by atoms with van der Waals surface area (Å²) in [5, 5.41) is 6.37. The van der Waals surface area contributed by atoms with Crippen LogP contribution in [0.1, 0.15) is 121 Å². The predicted octanol–water partition coefficient (Wildman–Crippen LogP) is 9.92. The predicted molar refractivity (Wildman–Crippen MR) is 191 cm³/mol. The van der Waals surface area contributed by atoms with Crippen LogP contribution in [0.25, 0.3) is 0 Å². The Balaban J connectivity index is 2.03. The van der Waals surface area contributed by atoms with Crippen molar-refractivity contribution >= 4 is 38.7 Å². The Hall–Kier alpha value is -3.72. The van der Waals surface area contributed by atoms with Crippen molar-refractivity contribution in [2.45, 2.75) is 110 Å². The number of unbranched alkanes of at least 4 members (excludes halogenated alkanes) is 4. The summed E-state index contributed by atoms with van der Waals surface area (Å²) in [5.74, 6) is 1.34. The van der Waals surface area contributed by atoms with Crippen LogP contribution in [-0.4, -0.2) is 28.5 Å². The molecule has 0 aromatic heterocycles. The van der Waals surface area contributed by atoms with Gasteiger partial charge in [-0.1, -0.05) is 86.3 Å². The average molecular weight is 652 g/mol. The summed E-state index contributed by atoms with van der Waals surface area (Å²) in [6.45, 7) is 14.5. The largest absolute Gasteiger partial charge is 0.497 e. The van der Waals surface area contributed by atoms with Crippen molar-refractivity contribution in [3.05, 3.63) is 65.2 Å². The van der Waals surface area contributed by atoms with E-state index in [1.165, 1.54) is 0 Å². The Labute approximate surface area is 276 Å². The van der Waals surface area contributed by atoms with E-state index >= 15 is 0 Å². The van der Waals surface area contributed by atoms with Gasteiger partial charge in [-0.3, -0.25) is 9.52 Å². The fourth-order valence-corrected chi connectivity index (χ4v) is 7.12. The van der Waals surface area contributed by atoms with Crippen LogP contribution in [-0.2, 0) is 14.8 Å². The first-order valence-electron chi connectivity index (χ1n) is 16.4. The Morgan fingerprint density at radius 2 is 1.37 bits per heavy atom. The van der Waals surface area contributed by atoms with Gasteiger partial charge in [0.15, 0.2) is 0 Å². The van der Waals surface area contributed by atoms with Crippen LogP contribution in [0.5, 0.6) is 11.5 Å². The first-order valence-corrected chi connectivity index (χ1v) is 17.9. The molecule has 0 fully saturated rings. The third kappa shape index (κ3) is 9.64. The van der Waals surface area contributed by atoms with E-state index in [0.717, 1.165) is 48.8 Å². The number of ether oxygens (including phenoxy) is 2. The highest BCUT2D eigenvalue weighted by Crippen LogP contribution is 2.38. The number of hydrogen-bond acceptors (Lipinski definition) is 6. The van der Waals surface area contributed by atoms with E-state index in [1.54, 1.807) is 38.5 Å². The highest BCUT2D eigenvalue weighted by molar-refractivity contribution is 7.92. The number of hydrogen-bond donors (Lipinski definition) is 3. The number of rotatable bonds is 17. The number of carbonyl (C=O) groups is 1. The molecule has 0 radical (unpaired) electrons. The molecule has 0 bridgehead atoms. The van der Waals surface area contributed by atoms with E-state index in [-0.39, 0.29) is 23.7 Å². The zero-order valence-corrected chi connectivity index (χ0v) is 29.9. The second-order valence-electron chi connectivity index (χ2n) is 12.8. The topological polar surface area (TPSA) is 106 Å². The molecule has 0 unspecified atom stereocenters. The smallest absolute Gasteiger partial charge is 0.262 e. The molecule has 1 amide bonds. The van der Waals surface area contributed by atoms with Gasteiger partial charge in [0.1, 0.15) is 11.5 Å². The number of sulfonamides is 1. The van der Waals surface area contributed by atoms with Gasteiger partial charge in [0.05, 0.1) is 41.9 Å². The molecule has 0 saturated heterocycles. The Morgan fingerprint density at radius 1 is 0.739 bits per heavy atom. The summed E-state index contributed by atoms with van der Waals surface area (Å²) in [7, 11) is -0.822. The fourth-order valence-electron chi connectivity index (χ4n) is 5.37. The van der Waals surface area contributed by atoms with Crippen LogP contribution in [0, 0.1) is 0 Å². The van der Waals surface area contributed by atoms with Crippen molar-refractivity contribution in [3.8, 4) is 11.5 Å². The quantitative estimate of drug-likeness (QED) is 0.126. The van der Waals surface area contributed by atoms with E-state index in [0.29, 0.717) is 45.6 Å². The van der Waals surface area contributed by atoms with E-state index in [2.05, 4.69) is 36.1 Å². The molecule has 3 N–H and O–H groups in total. The second kappa shape index (κ2) is 16.7. The van der Waals surface area contributed by atoms with E-state index in [9.17, 15) is 13.2 Å². The lowest BCUT2D eigenvalue weighted by Gasteiger charge is -2.23. The Bertz CT molecular complexity index is 1550. The maximum absolute atomic E-state index is 14.2. The molecule has 46 heavy (non-hydrogen) atoms. The molecule has 9 heteroatoms. The summed E-state index contributed by atoms with van der Waals surface area (Å²) in [6.07, 6.45) is 5.54. The van der Waals surface area contributed by atoms with Gasteiger partial charge in [-0.05, 0) is 71.2 Å². The van der Waals surface area contributed by atoms with Crippen LogP contribution < -0.4 is 24.8 Å². The maximum atomic E-state index is 14.2. The van der Waals surface area contributed by atoms with Gasteiger partial charge in [0.25, 0.3) is 10.0 Å². The molecule has 0 aliphatic rings. The lowest BCUT2D eigenvalue weighted by atomic mass is 9.89. The van der Waals surface area contributed by atoms with Crippen molar-refractivity contribution in [3.63, 3.8) is 0 Å². The number of anilines is 4. The molecule has 0 spiro atoms. The lowest BCUT2D eigenvalue weighted by molar-refractivity contribution is -0.116. The van der Waals surface area contributed by atoms with Crippen molar-refractivity contribution in [1.29, 1.82) is 0 Å². The van der Waals surface area contributed by atoms with Gasteiger partial charge in [0.2, 0.25) is 5.91 Å². The Kier molecular flexibility index (Phi) is 13.4. The lowest BCUT2D eigenvalue weighted by Crippen LogP contribution is -2.19. The maximum Gasteiger partial charge on any atom is 0.262 e. The van der Waals surface area contributed by atoms with Gasteiger partial charge >= 0.3 is 0 Å². The van der Waals surface area contributed by atoms with Crippen molar-refractivity contribution in [1.82, 2.24) is 0 Å². The van der Waals surface area contributed by atoms with Crippen LogP contribution >= 0.6 is 0 Å². The minimum absolute atomic E-state index is 0.000929. The number of nitrogens with one attached hydrogen (secondary N) is 3. The summed E-state index contributed by atoms with van der Waals surface area (Å²) >= 11 is 0. The molecular weight excluding hydrogens is 598 g/mol. The van der Waals surface area contributed by atoms with Crippen LogP contribution in [0.3, 0.4) is 0 Å². The third-order valence-corrected chi connectivity index (χ3v) is 9.59. The van der Waals surface area contributed by atoms with Gasteiger partial charge < -0.3 is 20.1 Å². The first-order chi connectivity index (χ1) is 21.8. The van der Waals surface area contributed by atoms with Crippen LogP contribution in [0.15, 0.2) is 53.4 Å². The SMILES string of the molecule is CCCCCCCC(=O)Nc1cc(NS(=O)(=O)c2c(C(C)C)cc(C(C)C)cc2C(C)C)ccc1Nc1ccc(OC)cc1OC. The standard InChI is InChI=1S/C37H53N3O5S/c1-10-11-12-13-14-15-36(41)39-34-22-28(16-18-32(34)38-33-19-17-29(44-8)23-35(33)45-9)40-46(42,43)37-30(25(4)5)20-27(24(2)3)21-31(37)26(6)7/h16-26,38,40H,10-15H2,1-9H3,(H,39,41). The first kappa shape index (κ1) is 36.7. The summed E-state index contributed by atoms with van der Waals surface area (Å²) in [6, 6.07) is 14.6. The molecule has 0 atom stereocenters. The zero-order valence-electron chi connectivity index (χ0n) is 29.0. The molecule has 3 aromatic rings. The highest BCUT2D eigenvalue weighted by atomic mass is 32.2. The van der Waals surface area contributed by atoms with Crippen molar-refractivity contribution in [2.75, 3.05) is 29.6 Å². The van der Waals surface area contributed by atoms with Gasteiger partial charge in [0, 0.05) is 12.5 Å². The molecular formula is C37H53N3O5S. The molecule has 0 saturated carbocycles. The van der Waals surface area contributed by atoms with Crippen molar-refractivity contribution in [2.24, 2.45) is 0 Å². The average Bonchev–Trinajstić information content (AvgIpc) is 3.01. The van der Waals surface area contributed by atoms with Gasteiger partial charge in [-0.15, -0.1) is 0 Å². The zero-order chi connectivity index (χ0) is 34.0. The molecule has 0 aliphatic carbocycles. The summed E-state index contributed by atoms with van der Waals surface area (Å²) in [4.78, 5) is 13.4. The molecule has 3 aromatic carbocycles. The molecule has 0 heterocycles. The monoisotopic (exact) mass is 651 g/mol. The van der Waals surface area contributed by atoms with Crippen LogP contribution in [0.4, 0.5) is 22.7 Å². The van der Waals surface area contributed by atoms with Crippen molar-refractivity contribution < 1.29 is 22.7 Å². The number of benzene rings is 3. The number of carbonyl (C=O) groups excluding carboxylic acids is 1. The fraction of sp³-hybridized carbons (Fsp3) is 0.486. The van der Waals surface area contributed by atoms with E-state index < -0.39 is 10.0 Å². The molecule has 0 aliphatic heterocycles. The van der Waals surface area contributed by atoms with Crippen LogP contribution in [0.2, 0.25) is 0 Å². The van der Waals surface area contributed by atoms with Gasteiger partial charge in [-0.2, -0.15) is 0 Å².